The number of hydrogen-bond acceptors (Lipinski definition) is 5. The van der Waals surface area contributed by atoms with Crippen LogP contribution in [-0.2, 0) is 22.8 Å². The fourth-order valence-electron chi connectivity index (χ4n) is 3.45. The topological polar surface area (TPSA) is 66.0 Å². The van der Waals surface area contributed by atoms with Crippen LogP contribution < -0.4 is 5.32 Å². The normalized spacial score (nSPS) is 29.4. The van der Waals surface area contributed by atoms with Crippen LogP contribution in [0.2, 0.25) is 54.4 Å². The Bertz CT molecular complexity index is 749. The third-order valence-corrected chi connectivity index (χ3v) is 22.6. The zero-order valence-electron chi connectivity index (χ0n) is 24.6. The number of hydrogen-bond donors (Lipinski definition) is 1. The van der Waals surface area contributed by atoms with Crippen LogP contribution >= 0.6 is 0 Å². The Morgan fingerprint density at radius 1 is 0.735 bits per heavy atom. The quantitative estimate of drug-likeness (QED) is 0.310. The minimum atomic E-state index is -2.18. The molecular formula is C25H53NO5Si3. The second kappa shape index (κ2) is 9.36. The number of carbonyl (C=O) groups excluding carboxylic acids is 1. The van der Waals surface area contributed by atoms with Crippen molar-refractivity contribution in [3.63, 3.8) is 0 Å². The maximum atomic E-state index is 12.7. The van der Waals surface area contributed by atoms with Gasteiger partial charge in [-0.2, -0.15) is 0 Å². The largest absolute Gasteiger partial charge is 0.414 e. The molecule has 1 amide bonds. The summed E-state index contributed by atoms with van der Waals surface area (Å²) >= 11 is 0. The summed E-state index contributed by atoms with van der Waals surface area (Å²) in [5.41, 5.74) is 0. The highest BCUT2D eigenvalue weighted by molar-refractivity contribution is 6.75. The third kappa shape index (κ3) is 6.08. The monoisotopic (exact) mass is 531 g/mol. The molecule has 0 aromatic heterocycles. The summed E-state index contributed by atoms with van der Waals surface area (Å²) in [6, 6.07) is 0. The van der Waals surface area contributed by atoms with E-state index in [1.54, 1.807) is 0 Å². The van der Waals surface area contributed by atoms with E-state index in [4.69, 9.17) is 18.0 Å². The van der Waals surface area contributed by atoms with Gasteiger partial charge in [-0.25, -0.2) is 0 Å². The first-order valence-corrected chi connectivity index (χ1v) is 21.6. The second-order valence-corrected chi connectivity index (χ2v) is 29.2. The van der Waals surface area contributed by atoms with Crippen LogP contribution in [0.15, 0.2) is 0 Å². The van der Waals surface area contributed by atoms with Gasteiger partial charge in [0, 0.05) is 0 Å². The lowest BCUT2D eigenvalue weighted by atomic mass is 9.84. The Labute approximate surface area is 212 Å². The summed E-state index contributed by atoms with van der Waals surface area (Å²) in [4.78, 5) is 12.7. The molecule has 1 N–H and O–H groups in total. The van der Waals surface area contributed by atoms with Crippen LogP contribution in [0.25, 0.3) is 0 Å². The molecule has 2 aliphatic rings. The van der Waals surface area contributed by atoms with E-state index >= 15 is 0 Å². The van der Waals surface area contributed by atoms with Crippen molar-refractivity contribution in [3.8, 4) is 0 Å². The number of fused-ring (bicyclic) bond motifs is 1. The molecule has 2 rings (SSSR count). The molecule has 200 valence electrons. The first-order valence-electron chi connectivity index (χ1n) is 12.9. The molecule has 0 aromatic rings. The van der Waals surface area contributed by atoms with Gasteiger partial charge in [0.2, 0.25) is 5.91 Å². The molecular weight excluding hydrogens is 479 g/mol. The highest BCUT2D eigenvalue weighted by Gasteiger charge is 2.60. The minimum absolute atomic E-state index is 0.00121. The predicted molar refractivity (Wildman–Crippen MR) is 148 cm³/mol. The van der Waals surface area contributed by atoms with E-state index in [0.717, 1.165) is 0 Å². The van der Waals surface area contributed by atoms with E-state index in [1.807, 2.05) is 0 Å². The van der Waals surface area contributed by atoms with E-state index < -0.39 is 25.0 Å². The zero-order valence-corrected chi connectivity index (χ0v) is 27.6. The van der Waals surface area contributed by atoms with Gasteiger partial charge in [0.15, 0.2) is 25.0 Å². The highest BCUT2D eigenvalue weighted by atomic mass is 28.4. The van der Waals surface area contributed by atoms with Gasteiger partial charge in [-0.3, -0.25) is 4.79 Å². The smallest absolute Gasteiger partial charge is 0.232 e. The number of carbonyl (C=O) groups is 1. The lowest BCUT2D eigenvalue weighted by Crippen LogP contribution is -2.74. The Hall–Kier alpha value is -0.0394. The van der Waals surface area contributed by atoms with Gasteiger partial charge in [0.25, 0.3) is 0 Å². The Balaban J connectivity index is 2.46. The predicted octanol–water partition coefficient (Wildman–Crippen LogP) is 6.26. The molecule has 0 bridgehead atoms. The molecule has 6 nitrogen and oxygen atoms in total. The molecule has 2 fully saturated rings. The highest BCUT2D eigenvalue weighted by Crippen LogP contribution is 2.46. The summed E-state index contributed by atoms with van der Waals surface area (Å²) in [5.74, 6) is -0.339. The molecule has 2 saturated heterocycles. The van der Waals surface area contributed by atoms with Gasteiger partial charge in [-0.1, -0.05) is 62.3 Å². The summed E-state index contributed by atoms with van der Waals surface area (Å²) in [5, 5.41) is 3.10. The van der Waals surface area contributed by atoms with Crippen LogP contribution in [0.1, 0.15) is 62.3 Å². The van der Waals surface area contributed by atoms with Crippen LogP contribution in [0.4, 0.5) is 0 Å². The van der Waals surface area contributed by atoms with Crippen LogP contribution in [-0.4, -0.2) is 62.0 Å². The Morgan fingerprint density at radius 3 is 1.53 bits per heavy atom. The van der Waals surface area contributed by atoms with Gasteiger partial charge in [-0.15, -0.1) is 0 Å². The molecule has 0 saturated carbocycles. The van der Waals surface area contributed by atoms with Gasteiger partial charge in [-0.05, 0) is 54.4 Å². The molecule has 34 heavy (non-hydrogen) atoms. The fraction of sp³-hybridized carbons (Fsp3) is 0.960. The number of β-lactam (4-membered cyclic amide) rings is 1. The molecule has 5 atom stereocenters. The summed E-state index contributed by atoms with van der Waals surface area (Å²) in [7, 11) is -6.34. The van der Waals surface area contributed by atoms with Crippen LogP contribution in [0, 0.1) is 5.92 Å². The maximum absolute atomic E-state index is 12.7. The summed E-state index contributed by atoms with van der Waals surface area (Å²) < 4.78 is 27.1. The van der Waals surface area contributed by atoms with Crippen molar-refractivity contribution in [1.82, 2.24) is 5.32 Å². The average molecular weight is 532 g/mol. The SMILES string of the molecule is CC(C)(C)[Si](C)(C)OC[C@H]1O[C@@H]2NC(=O)[C@@H]2[C@@H](O[Si](C)(C)C(C)(C)C)[C@@H]1O[Si](C)(C)C(C)(C)C. The molecule has 0 unspecified atom stereocenters. The van der Waals surface area contributed by atoms with E-state index in [-0.39, 0.29) is 51.5 Å². The van der Waals surface area contributed by atoms with Gasteiger partial charge >= 0.3 is 0 Å². The molecule has 9 heteroatoms. The fourth-order valence-corrected chi connectivity index (χ4v) is 7.10. The van der Waals surface area contributed by atoms with Gasteiger partial charge < -0.3 is 23.3 Å². The van der Waals surface area contributed by atoms with Crippen molar-refractivity contribution in [2.24, 2.45) is 5.92 Å². The standard InChI is InChI=1S/C25H53NO5Si3/c1-23(2,3)32(10,11)28-16-17-19(30-33(12,13)24(4,5)6)20(18-21(27)26-22(18)29-17)31-34(14,15)25(7,8)9/h17-20,22H,16H2,1-15H3,(H,26,27)/t17-,18+,19-,20-,22+/m1/s1. The van der Waals surface area contributed by atoms with Crippen molar-refractivity contribution in [1.29, 1.82) is 0 Å². The van der Waals surface area contributed by atoms with Crippen molar-refractivity contribution >= 4 is 30.9 Å². The number of amides is 1. The number of rotatable bonds is 7. The van der Waals surface area contributed by atoms with Crippen molar-refractivity contribution < 1.29 is 22.8 Å². The number of ether oxygens (including phenoxy) is 1. The van der Waals surface area contributed by atoms with E-state index in [2.05, 4.69) is 107 Å². The third-order valence-electron chi connectivity index (χ3n) is 9.17. The molecule has 2 aliphatic heterocycles. The lowest BCUT2D eigenvalue weighted by molar-refractivity contribution is -0.231. The van der Waals surface area contributed by atoms with E-state index in [9.17, 15) is 4.79 Å². The minimum Gasteiger partial charge on any atom is -0.414 e. The Kier molecular flexibility index (Phi) is 8.31. The van der Waals surface area contributed by atoms with Gasteiger partial charge in [0.05, 0.1) is 18.8 Å². The van der Waals surface area contributed by atoms with Crippen LogP contribution in [0.5, 0.6) is 0 Å². The zero-order chi connectivity index (χ0) is 26.7. The molecule has 0 spiro atoms. The molecule has 0 aliphatic carbocycles. The second-order valence-electron chi connectivity index (χ2n) is 14.9. The van der Waals surface area contributed by atoms with E-state index in [0.29, 0.717) is 6.61 Å². The first kappa shape index (κ1) is 30.2. The molecule has 0 radical (unpaired) electrons. The number of nitrogens with one attached hydrogen (secondary N) is 1. The lowest BCUT2D eigenvalue weighted by Gasteiger charge is -2.56. The van der Waals surface area contributed by atoms with Crippen molar-refractivity contribution in [2.45, 2.75) is 141 Å². The van der Waals surface area contributed by atoms with Crippen molar-refractivity contribution in [3.05, 3.63) is 0 Å². The maximum Gasteiger partial charge on any atom is 0.232 e. The van der Waals surface area contributed by atoms with E-state index in [1.165, 1.54) is 0 Å². The van der Waals surface area contributed by atoms with Crippen molar-refractivity contribution in [2.75, 3.05) is 6.61 Å². The van der Waals surface area contributed by atoms with Gasteiger partial charge in [0.1, 0.15) is 18.2 Å². The summed E-state index contributed by atoms with van der Waals surface area (Å²) in [6.07, 6.45) is -1.31. The molecule has 2 heterocycles. The average Bonchev–Trinajstić information content (AvgIpc) is 2.58. The molecule has 0 aromatic carbocycles. The Morgan fingerprint density at radius 2 is 1.15 bits per heavy atom. The summed E-state index contributed by atoms with van der Waals surface area (Å²) in [6.45, 7) is 34.2. The first-order chi connectivity index (χ1) is 14.9. The van der Waals surface area contributed by atoms with Crippen LogP contribution in [0.3, 0.4) is 0 Å².